The molecule has 3 rings (SSSR count). The monoisotopic (exact) mass is 406 g/mol. The maximum absolute atomic E-state index is 11.4. The van der Waals surface area contributed by atoms with Gasteiger partial charge in [0.05, 0.1) is 6.61 Å². The summed E-state index contributed by atoms with van der Waals surface area (Å²) in [5.41, 5.74) is 6.22. The van der Waals surface area contributed by atoms with E-state index >= 15 is 0 Å². The molecule has 0 radical (unpaired) electrons. The van der Waals surface area contributed by atoms with E-state index in [0.717, 1.165) is 18.8 Å². The van der Waals surface area contributed by atoms with E-state index in [2.05, 4.69) is 56.0 Å². The van der Waals surface area contributed by atoms with Crippen molar-refractivity contribution in [1.29, 1.82) is 0 Å². The highest BCUT2D eigenvalue weighted by atomic mass is 16.5. The van der Waals surface area contributed by atoms with E-state index < -0.39 is 5.97 Å². The van der Waals surface area contributed by atoms with Crippen molar-refractivity contribution in [2.24, 2.45) is 5.92 Å². The molecule has 0 saturated heterocycles. The zero-order valence-corrected chi connectivity index (χ0v) is 18.1. The Balaban J connectivity index is 1.74. The lowest BCUT2D eigenvalue weighted by Gasteiger charge is -2.26. The van der Waals surface area contributed by atoms with Crippen LogP contribution in [0.1, 0.15) is 61.6 Å². The van der Waals surface area contributed by atoms with Gasteiger partial charge >= 0.3 is 5.97 Å². The Morgan fingerprint density at radius 2 is 1.73 bits per heavy atom. The molecule has 1 N–H and O–H groups in total. The highest BCUT2D eigenvalue weighted by Gasteiger charge is 2.19. The van der Waals surface area contributed by atoms with E-state index in [0.29, 0.717) is 18.9 Å². The molecule has 160 valence electrons. The first-order valence-corrected chi connectivity index (χ1v) is 11.2. The van der Waals surface area contributed by atoms with Gasteiger partial charge in [0.2, 0.25) is 0 Å². The fourth-order valence-electron chi connectivity index (χ4n) is 4.41. The minimum Gasteiger partial charge on any atom is -0.462 e. The van der Waals surface area contributed by atoms with Gasteiger partial charge in [-0.05, 0) is 65.3 Å². The number of benzene rings is 2. The molecule has 0 atom stereocenters. The van der Waals surface area contributed by atoms with Crippen molar-refractivity contribution in [3.05, 3.63) is 71.8 Å². The Morgan fingerprint density at radius 3 is 2.40 bits per heavy atom. The molecule has 0 bridgehead atoms. The molecule has 2 aromatic rings. The van der Waals surface area contributed by atoms with Crippen LogP contribution in [0.2, 0.25) is 0 Å². The number of esters is 1. The maximum atomic E-state index is 11.4. The third-order valence-electron chi connectivity index (χ3n) is 6.32. The Bertz CT molecular complexity index is 830. The van der Waals surface area contributed by atoms with Crippen LogP contribution < -0.4 is 0 Å². The summed E-state index contributed by atoms with van der Waals surface area (Å²) >= 11 is 0. The van der Waals surface area contributed by atoms with Crippen LogP contribution in [0.3, 0.4) is 0 Å². The van der Waals surface area contributed by atoms with E-state index in [9.17, 15) is 9.90 Å². The fourth-order valence-corrected chi connectivity index (χ4v) is 4.41. The van der Waals surface area contributed by atoms with Crippen molar-refractivity contribution >= 4 is 5.97 Å². The average molecular weight is 407 g/mol. The fraction of sp³-hybridized carbons (Fsp3) is 0.444. The van der Waals surface area contributed by atoms with E-state index in [-0.39, 0.29) is 6.61 Å². The highest BCUT2D eigenvalue weighted by molar-refractivity contribution is 5.81. The molecule has 0 amide bonds. The standard InChI is InChI=1S/C27H34O3/c1-3-27(29)30-18-16-26-19-25(15-14-21(26)5-4-17-28)24-12-10-23(11-13-24)22-8-6-20(2)7-9-22/h3,10-15,19-20,22,28H,1,4-9,16-18H2,2H3. The van der Waals surface area contributed by atoms with E-state index in [1.165, 1.54) is 59.6 Å². The average Bonchev–Trinajstić information content (AvgIpc) is 2.78. The van der Waals surface area contributed by atoms with Gasteiger partial charge in [-0.15, -0.1) is 0 Å². The van der Waals surface area contributed by atoms with Crippen LogP contribution in [0, 0.1) is 5.92 Å². The van der Waals surface area contributed by atoms with Gasteiger partial charge in [-0.25, -0.2) is 4.79 Å². The van der Waals surface area contributed by atoms with Gasteiger partial charge in [0.1, 0.15) is 0 Å². The normalized spacial score (nSPS) is 18.7. The van der Waals surface area contributed by atoms with Gasteiger partial charge in [0.15, 0.2) is 0 Å². The summed E-state index contributed by atoms with van der Waals surface area (Å²) in [5.74, 6) is 1.18. The number of aryl methyl sites for hydroxylation is 1. The van der Waals surface area contributed by atoms with Gasteiger partial charge in [-0.2, -0.15) is 0 Å². The van der Waals surface area contributed by atoms with Crippen LogP contribution in [0.5, 0.6) is 0 Å². The molecule has 1 aliphatic rings. The lowest BCUT2D eigenvalue weighted by atomic mass is 9.79. The topological polar surface area (TPSA) is 46.5 Å². The minimum absolute atomic E-state index is 0.175. The van der Waals surface area contributed by atoms with Crippen LogP contribution in [0.15, 0.2) is 55.1 Å². The van der Waals surface area contributed by atoms with Crippen LogP contribution in [-0.4, -0.2) is 24.3 Å². The van der Waals surface area contributed by atoms with Crippen LogP contribution in [-0.2, 0) is 22.4 Å². The molecule has 0 aromatic heterocycles. The third kappa shape index (κ3) is 6.06. The largest absolute Gasteiger partial charge is 0.462 e. The van der Waals surface area contributed by atoms with Crippen molar-refractivity contribution in [2.45, 2.75) is 57.8 Å². The summed E-state index contributed by atoms with van der Waals surface area (Å²) < 4.78 is 5.18. The summed E-state index contributed by atoms with van der Waals surface area (Å²) in [6.45, 7) is 6.31. The molecule has 0 heterocycles. The Kier molecular flexibility index (Phi) is 8.27. The molecule has 1 aliphatic carbocycles. The first-order valence-electron chi connectivity index (χ1n) is 11.2. The van der Waals surface area contributed by atoms with Crippen molar-refractivity contribution in [3.8, 4) is 11.1 Å². The summed E-state index contributed by atoms with van der Waals surface area (Å²) in [6.07, 6.45) is 8.67. The van der Waals surface area contributed by atoms with Crippen LogP contribution in [0.4, 0.5) is 0 Å². The Morgan fingerprint density at radius 1 is 1.03 bits per heavy atom. The van der Waals surface area contributed by atoms with Crippen molar-refractivity contribution in [3.63, 3.8) is 0 Å². The van der Waals surface area contributed by atoms with E-state index in [4.69, 9.17) is 4.74 Å². The molecule has 0 aliphatic heterocycles. The van der Waals surface area contributed by atoms with Crippen molar-refractivity contribution in [1.82, 2.24) is 0 Å². The van der Waals surface area contributed by atoms with Gasteiger partial charge in [-0.1, -0.05) is 68.8 Å². The summed E-state index contributed by atoms with van der Waals surface area (Å²) in [4.78, 5) is 11.4. The predicted molar refractivity (Wildman–Crippen MR) is 123 cm³/mol. The molecule has 3 heteroatoms. The first kappa shape index (κ1) is 22.3. The zero-order chi connectivity index (χ0) is 21.3. The number of carbonyl (C=O) groups excluding carboxylic acids is 1. The Labute approximate surface area is 180 Å². The Hall–Kier alpha value is -2.39. The van der Waals surface area contributed by atoms with Crippen LogP contribution in [0.25, 0.3) is 11.1 Å². The second-order valence-electron chi connectivity index (χ2n) is 8.51. The number of aliphatic hydroxyl groups excluding tert-OH is 1. The molecule has 30 heavy (non-hydrogen) atoms. The maximum Gasteiger partial charge on any atom is 0.330 e. The molecule has 3 nitrogen and oxygen atoms in total. The van der Waals surface area contributed by atoms with E-state index in [1.54, 1.807) is 0 Å². The van der Waals surface area contributed by atoms with Gasteiger partial charge in [0.25, 0.3) is 0 Å². The van der Waals surface area contributed by atoms with Crippen LogP contribution >= 0.6 is 0 Å². The molecule has 2 aromatic carbocycles. The number of carbonyl (C=O) groups is 1. The highest BCUT2D eigenvalue weighted by Crippen LogP contribution is 2.36. The van der Waals surface area contributed by atoms with Gasteiger partial charge in [-0.3, -0.25) is 0 Å². The SMILES string of the molecule is C=CC(=O)OCCc1cc(-c2ccc(C3CCC(C)CC3)cc2)ccc1CCCO. The second kappa shape index (κ2) is 11.1. The molecular weight excluding hydrogens is 372 g/mol. The van der Waals surface area contributed by atoms with Crippen molar-refractivity contribution < 1.29 is 14.6 Å². The third-order valence-corrected chi connectivity index (χ3v) is 6.32. The van der Waals surface area contributed by atoms with E-state index in [1.807, 2.05) is 0 Å². The summed E-state index contributed by atoms with van der Waals surface area (Å²) in [7, 11) is 0. The lowest BCUT2D eigenvalue weighted by molar-refractivity contribution is -0.137. The number of ether oxygens (including phenoxy) is 1. The first-order chi connectivity index (χ1) is 14.6. The molecule has 1 fully saturated rings. The zero-order valence-electron chi connectivity index (χ0n) is 18.1. The number of aliphatic hydroxyl groups is 1. The van der Waals surface area contributed by atoms with Crippen molar-refractivity contribution in [2.75, 3.05) is 13.2 Å². The number of hydrogen-bond donors (Lipinski definition) is 1. The quantitative estimate of drug-likeness (QED) is 0.420. The predicted octanol–water partition coefficient (Wildman–Crippen LogP) is 5.84. The number of hydrogen-bond acceptors (Lipinski definition) is 3. The molecule has 0 unspecified atom stereocenters. The van der Waals surface area contributed by atoms with Gasteiger partial charge < -0.3 is 9.84 Å². The second-order valence-corrected chi connectivity index (χ2v) is 8.51. The number of rotatable bonds is 9. The lowest BCUT2D eigenvalue weighted by Crippen LogP contribution is -2.10. The molecule has 1 saturated carbocycles. The summed E-state index contributed by atoms with van der Waals surface area (Å²) in [5, 5.41) is 9.20. The summed E-state index contributed by atoms with van der Waals surface area (Å²) in [6, 6.07) is 15.6. The molecular formula is C27H34O3. The smallest absolute Gasteiger partial charge is 0.330 e. The minimum atomic E-state index is -0.393. The molecule has 0 spiro atoms. The van der Waals surface area contributed by atoms with Gasteiger partial charge in [0, 0.05) is 19.1 Å².